The molecule has 1 N–H and O–H groups in total. The summed E-state index contributed by atoms with van der Waals surface area (Å²) in [7, 11) is 1.63. The minimum Gasteiger partial charge on any atom is -0.383 e. The molecule has 2 amide bonds. The van der Waals surface area contributed by atoms with Gasteiger partial charge in [0.25, 0.3) is 5.91 Å². The number of rotatable bonds is 5. The molecule has 1 saturated carbocycles. The van der Waals surface area contributed by atoms with E-state index in [1.54, 1.807) is 7.11 Å². The van der Waals surface area contributed by atoms with Gasteiger partial charge >= 0.3 is 0 Å². The molecular weight excluding hydrogens is 400 g/mol. The van der Waals surface area contributed by atoms with Crippen LogP contribution in [0.4, 0.5) is 5.69 Å². The van der Waals surface area contributed by atoms with E-state index in [0.29, 0.717) is 29.4 Å². The Balaban J connectivity index is 1.79. The molecule has 1 atom stereocenters. The molecule has 2 aliphatic rings. The van der Waals surface area contributed by atoms with E-state index in [1.165, 1.54) is 0 Å². The van der Waals surface area contributed by atoms with Gasteiger partial charge in [-0.3, -0.25) is 9.59 Å². The monoisotopic (exact) mass is 426 g/mol. The third-order valence-corrected chi connectivity index (χ3v) is 6.77. The van der Waals surface area contributed by atoms with E-state index >= 15 is 0 Å². The number of carbonyl (C=O) groups is 2. The van der Waals surface area contributed by atoms with Crippen molar-refractivity contribution in [2.45, 2.75) is 44.1 Å². The first-order chi connectivity index (χ1) is 14.5. The maximum Gasteiger partial charge on any atom is 0.254 e. The van der Waals surface area contributed by atoms with Crippen LogP contribution in [0.5, 0.6) is 0 Å². The Morgan fingerprint density at radius 3 is 2.67 bits per heavy atom. The second kappa shape index (κ2) is 8.40. The summed E-state index contributed by atoms with van der Waals surface area (Å²) in [6.45, 7) is 2.87. The molecule has 4 rings (SSSR count). The van der Waals surface area contributed by atoms with Crippen molar-refractivity contribution in [3.63, 3.8) is 0 Å². The zero-order chi connectivity index (χ0) is 21.3. The Kier molecular flexibility index (Phi) is 5.85. The van der Waals surface area contributed by atoms with Crippen molar-refractivity contribution in [3.05, 3.63) is 64.2 Å². The molecule has 1 aliphatic carbocycles. The number of nitrogens with one attached hydrogen (secondary N) is 1. The number of amides is 2. The largest absolute Gasteiger partial charge is 0.383 e. The van der Waals surface area contributed by atoms with Crippen LogP contribution in [0.1, 0.15) is 53.1 Å². The van der Waals surface area contributed by atoms with Crippen LogP contribution in [0.2, 0.25) is 5.02 Å². The molecule has 1 fully saturated rings. The Hall–Kier alpha value is -2.37. The molecule has 0 radical (unpaired) electrons. The molecule has 158 valence electrons. The molecule has 1 heterocycles. The summed E-state index contributed by atoms with van der Waals surface area (Å²) >= 11 is 6.39. The first-order valence-corrected chi connectivity index (χ1v) is 10.8. The molecule has 30 heavy (non-hydrogen) atoms. The number of aryl methyl sites for hydroxylation is 1. The average molecular weight is 427 g/mol. The molecule has 5 nitrogen and oxygen atoms in total. The van der Waals surface area contributed by atoms with Crippen LogP contribution < -0.4 is 5.32 Å². The molecule has 2 aromatic carbocycles. The van der Waals surface area contributed by atoms with Gasteiger partial charge < -0.3 is 15.0 Å². The van der Waals surface area contributed by atoms with Gasteiger partial charge in [0.15, 0.2) is 0 Å². The van der Waals surface area contributed by atoms with E-state index in [1.807, 2.05) is 54.3 Å². The van der Waals surface area contributed by atoms with E-state index in [9.17, 15) is 9.59 Å². The van der Waals surface area contributed by atoms with Crippen LogP contribution in [0.15, 0.2) is 42.5 Å². The number of benzene rings is 2. The number of nitrogens with zero attached hydrogens (tertiary/aromatic N) is 1. The van der Waals surface area contributed by atoms with E-state index < -0.39 is 11.5 Å². The minimum absolute atomic E-state index is 0.0121. The van der Waals surface area contributed by atoms with E-state index in [0.717, 1.165) is 36.8 Å². The van der Waals surface area contributed by atoms with Crippen LogP contribution >= 0.6 is 11.6 Å². The lowest BCUT2D eigenvalue weighted by Crippen LogP contribution is -2.60. The van der Waals surface area contributed by atoms with Crippen LogP contribution in [-0.2, 0) is 9.53 Å². The van der Waals surface area contributed by atoms with Crippen molar-refractivity contribution >= 4 is 29.1 Å². The maximum atomic E-state index is 13.7. The summed E-state index contributed by atoms with van der Waals surface area (Å²) in [4.78, 5) is 29.0. The lowest BCUT2D eigenvalue weighted by Gasteiger charge is -2.50. The summed E-state index contributed by atoms with van der Waals surface area (Å²) in [6, 6.07) is 13.1. The lowest BCUT2D eigenvalue weighted by molar-refractivity contribution is -0.121. The normalized spacial score (nSPS) is 19.8. The summed E-state index contributed by atoms with van der Waals surface area (Å²) in [5.74, 6) is -0.588. The molecule has 0 saturated heterocycles. The van der Waals surface area contributed by atoms with Gasteiger partial charge in [-0.1, -0.05) is 48.7 Å². The standard InChI is InChI=1S/C24H27ClN2O3/c1-16-9-10-20(19(25)15-16)26-22(28)21-17-7-3-4-8-18(17)23(29)27(13-14-30-2)24(21)11-5-6-12-24/h3-4,7-10,15,21H,5-6,11-14H2,1-2H3,(H,26,28). The van der Waals surface area contributed by atoms with Gasteiger partial charge in [-0.15, -0.1) is 0 Å². The van der Waals surface area contributed by atoms with Crippen LogP contribution in [0.25, 0.3) is 0 Å². The van der Waals surface area contributed by atoms with Crippen LogP contribution in [-0.4, -0.2) is 42.5 Å². The number of halogens is 1. The molecule has 6 heteroatoms. The molecular formula is C24H27ClN2O3. The molecule has 0 aromatic heterocycles. The zero-order valence-electron chi connectivity index (χ0n) is 17.4. The summed E-state index contributed by atoms with van der Waals surface area (Å²) in [5.41, 5.74) is 2.49. The second-order valence-corrected chi connectivity index (χ2v) is 8.66. The third kappa shape index (κ3) is 3.50. The van der Waals surface area contributed by atoms with Gasteiger partial charge in [-0.25, -0.2) is 0 Å². The number of carbonyl (C=O) groups excluding carboxylic acids is 2. The summed E-state index contributed by atoms with van der Waals surface area (Å²) in [6.07, 6.45) is 3.59. The predicted molar refractivity (Wildman–Crippen MR) is 118 cm³/mol. The van der Waals surface area contributed by atoms with E-state index in [4.69, 9.17) is 16.3 Å². The average Bonchev–Trinajstić information content (AvgIpc) is 3.20. The molecule has 1 aliphatic heterocycles. The number of hydrogen-bond acceptors (Lipinski definition) is 3. The van der Waals surface area contributed by atoms with Gasteiger partial charge in [-0.05, 0) is 49.1 Å². The number of hydrogen-bond donors (Lipinski definition) is 1. The fraction of sp³-hybridized carbons (Fsp3) is 0.417. The third-order valence-electron chi connectivity index (χ3n) is 6.46. The highest BCUT2D eigenvalue weighted by atomic mass is 35.5. The SMILES string of the molecule is COCCN1C(=O)c2ccccc2C(C(=O)Nc2ccc(C)cc2Cl)C12CCCC2. The first kappa shape index (κ1) is 20.9. The number of ether oxygens (including phenoxy) is 1. The fourth-order valence-electron chi connectivity index (χ4n) is 5.10. The topological polar surface area (TPSA) is 58.6 Å². The Morgan fingerprint density at radius 1 is 1.23 bits per heavy atom. The Bertz CT molecular complexity index is 969. The van der Waals surface area contributed by atoms with Crippen LogP contribution in [0, 0.1) is 6.92 Å². The summed E-state index contributed by atoms with van der Waals surface area (Å²) < 4.78 is 5.29. The van der Waals surface area contributed by atoms with E-state index in [-0.39, 0.29) is 11.8 Å². The molecule has 1 spiro atoms. The highest BCUT2D eigenvalue weighted by molar-refractivity contribution is 6.33. The zero-order valence-corrected chi connectivity index (χ0v) is 18.2. The van der Waals surface area contributed by atoms with Gasteiger partial charge in [-0.2, -0.15) is 0 Å². The lowest BCUT2D eigenvalue weighted by atomic mass is 9.71. The van der Waals surface area contributed by atoms with Crippen LogP contribution in [0.3, 0.4) is 0 Å². The van der Waals surface area contributed by atoms with Crippen molar-refractivity contribution in [2.75, 3.05) is 25.6 Å². The van der Waals surface area contributed by atoms with Gasteiger partial charge in [0.05, 0.1) is 28.8 Å². The van der Waals surface area contributed by atoms with E-state index in [2.05, 4.69) is 5.32 Å². The Labute approximate surface area is 182 Å². The van der Waals surface area contributed by atoms with Gasteiger partial charge in [0, 0.05) is 19.2 Å². The van der Waals surface area contributed by atoms with Gasteiger partial charge in [0.2, 0.25) is 5.91 Å². The van der Waals surface area contributed by atoms with Crippen molar-refractivity contribution in [2.24, 2.45) is 0 Å². The van der Waals surface area contributed by atoms with Crippen molar-refractivity contribution in [1.82, 2.24) is 4.90 Å². The molecule has 1 unspecified atom stereocenters. The van der Waals surface area contributed by atoms with Crippen molar-refractivity contribution in [1.29, 1.82) is 0 Å². The predicted octanol–water partition coefficient (Wildman–Crippen LogP) is 4.79. The quantitative estimate of drug-likeness (QED) is 0.748. The maximum absolute atomic E-state index is 13.7. The second-order valence-electron chi connectivity index (χ2n) is 8.25. The first-order valence-electron chi connectivity index (χ1n) is 10.4. The van der Waals surface area contributed by atoms with Crippen molar-refractivity contribution < 1.29 is 14.3 Å². The van der Waals surface area contributed by atoms with Gasteiger partial charge in [0.1, 0.15) is 0 Å². The fourth-order valence-corrected chi connectivity index (χ4v) is 5.38. The number of anilines is 1. The smallest absolute Gasteiger partial charge is 0.254 e. The molecule has 0 bridgehead atoms. The minimum atomic E-state index is -0.536. The van der Waals surface area contributed by atoms with Crippen molar-refractivity contribution in [3.8, 4) is 0 Å². The highest BCUT2D eigenvalue weighted by Crippen LogP contribution is 2.50. The highest BCUT2D eigenvalue weighted by Gasteiger charge is 2.55. The number of fused-ring (bicyclic) bond motifs is 1. The Morgan fingerprint density at radius 2 is 1.97 bits per heavy atom. The summed E-state index contributed by atoms with van der Waals surface area (Å²) in [5, 5.41) is 3.56. The number of methoxy groups -OCH3 is 1. The molecule has 2 aromatic rings.